The van der Waals surface area contributed by atoms with E-state index in [4.69, 9.17) is 11.6 Å². The average Bonchev–Trinajstić information content (AvgIpc) is 2.48. The van der Waals surface area contributed by atoms with E-state index in [1.165, 1.54) is 0 Å². The molecule has 0 saturated heterocycles. The van der Waals surface area contributed by atoms with Crippen molar-refractivity contribution in [2.24, 2.45) is 0 Å². The predicted molar refractivity (Wildman–Crippen MR) is 88.6 cm³/mol. The Morgan fingerprint density at radius 2 is 1.75 bits per heavy atom. The molecule has 3 rings (SSSR count). The molecule has 1 N–H and O–H groups in total. The summed E-state index contributed by atoms with van der Waals surface area (Å²) in [5, 5.41) is 3.58. The minimum absolute atomic E-state index is 0.0425. The first kappa shape index (κ1) is 16.5. The maximum Gasteiger partial charge on any atom is 0.162 e. The molecule has 0 saturated carbocycles. The van der Waals surface area contributed by atoms with Crippen molar-refractivity contribution < 1.29 is 13.2 Å². The minimum atomic E-state index is -1.05. The van der Waals surface area contributed by atoms with Crippen molar-refractivity contribution in [1.82, 2.24) is 9.97 Å². The SMILES string of the molecule is CC(C)Nc1c(-c2c(F)cc(F)cc2F)c(Cl)nc2ncccc12. The fourth-order valence-electron chi connectivity index (χ4n) is 2.52. The Morgan fingerprint density at radius 3 is 2.38 bits per heavy atom. The van der Waals surface area contributed by atoms with Gasteiger partial charge in [0.05, 0.1) is 11.3 Å². The third-order valence-corrected chi connectivity index (χ3v) is 3.68. The molecule has 7 heteroatoms. The number of hydrogen-bond donors (Lipinski definition) is 1. The smallest absolute Gasteiger partial charge is 0.162 e. The van der Waals surface area contributed by atoms with Crippen LogP contribution in [0.1, 0.15) is 13.8 Å². The van der Waals surface area contributed by atoms with Crippen molar-refractivity contribution >= 4 is 28.3 Å². The molecule has 0 bridgehead atoms. The first-order chi connectivity index (χ1) is 11.4. The molecule has 2 aromatic heterocycles. The summed E-state index contributed by atoms with van der Waals surface area (Å²) < 4.78 is 41.8. The Kier molecular flexibility index (Phi) is 4.32. The molecule has 124 valence electrons. The highest BCUT2D eigenvalue weighted by Gasteiger charge is 2.23. The summed E-state index contributed by atoms with van der Waals surface area (Å²) >= 11 is 6.19. The summed E-state index contributed by atoms with van der Waals surface area (Å²) in [6.07, 6.45) is 1.55. The molecular weight excluding hydrogens is 339 g/mol. The lowest BCUT2D eigenvalue weighted by atomic mass is 10.0. The van der Waals surface area contributed by atoms with Gasteiger partial charge in [-0.05, 0) is 26.0 Å². The normalized spacial score (nSPS) is 11.3. The lowest BCUT2D eigenvalue weighted by Crippen LogP contribution is -2.12. The third kappa shape index (κ3) is 2.89. The van der Waals surface area contributed by atoms with Crippen LogP contribution in [-0.4, -0.2) is 16.0 Å². The van der Waals surface area contributed by atoms with E-state index in [9.17, 15) is 13.2 Å². The lowest BCUT2D eigenvalue weighted by Gasteiger charge is -2.19. The highest BCUT2D eigenvalue weighted by Crippen LogP contribution is 2.41. The average molecular weight is 352 g/mol. The number of nitrogens with one attached hydrogen (secondary N) is 1. The van der Waals surface area contributed by atoms with Crippen molar-refractivity contribution in [2.75, 3.05) is 5.32 Å². The van der Waals surface area contributed by atoms with Gasteiger partial charge in [0.1, 0.15) is 22.6 Å². The highest BCUT2D eigenvalue weighted by molar-refractivity contribution is 6.34. The molecule has 3 nitrogen and oxygen atoms in total. The van der Waals surface area contributed by atoms with Crippen LogP contribution in [0.15, 0.2) is 30.5 Å². The number of anilines is 1. The molecule has 0 atom stereocenters. The van der Waals surface area contributed by atoms with Gasteiger partial charge in [-0.25, -0.2) is 23.1 Å². The van der Waals surface area contributed by atoms with Crippen LogP contribution in [0.2, 0.25) is 5.15 Å². The van der Waals surface area contributed by atoms with E-state index in [2.05, 4.69) is 15.3 Å². The van der Waals surface area contributed by atoms with Crippen LogP contribution < -0.4 is 5.32 Å². The van der Waals surface area contributed by atoms with Crippen molar-refractivity contribution in [3.05, 3.63) is 53.1 Å². The zero-order valence-electron chi connectivity index (χ0n) is 12.9. The van der Waals surface area contributed by atoms with Gasteiger partial charge < -0.3 is 5.32 Å². The molecule has 0 aliphatic carbocycles. The molecule has 0 aliphatic rings. The van der Waals surface area contributed by atoms with E-state index in [0.29, 0.717) is 28.9 Å². The molecule has 0 amide bonds. The molecule has 0 fully saturated rings. The van der Waals surface area contributed by atoms with Crippen LogP contribution in [-0.2, 0) is 0 Å². The van der Waals surface area contributed by atoms with Gasteiger partial charge in [0.2, 0.25) is 0 Å². The summed E-state index contributed by atoms with van der Waals surface area (Å²) in [7, 11) is 0. The maximum atomic E-state index is 14.3. The molecule has 1 aromatic carbocycles. The van der Waals surface area contributed by atoms with Gasteiger partial charge in [0.25, 0.3) is 0 Å². The largest absolute Gasteiger partial charge is 0.382 e. The van der Waals surface area contributed by atoms with Gasteiger partial charge in [-0.1, -0.05) is 11.6 Å². The van der Waals surface area contributed by atoms with Crippen LogP contribution >= 0.6 is 11.6 Å². The number of pyridine rings is 2. The Bertz CT molecular complexity index is 905. The van der Waals surface area contributed by atoms with E-state index in [1.54, 1.807) is 18.3 Å². The monoisotopic (exact) mass is 351 g/mol. The Hall–Kier alpha value is -2.34. The van der Waals surface area contributed by atoms with Gasteiger partial charge in [0, 0.05) is 35.3 Å². The summed E-state index contributed by atoms with van der Waals surface area (Å²) in [4.78, 5) is 8.23. The van der Waals surface area contributed by atoms with Gasteiger partial charge >= 0.3 is 0 Å². The molecule has 2 heterocycles. The van der Waals surface area contributed by atoms with Crippen molar-refractivity contribution in [2.45, 2.75) is 19.9 Å². The molecule has 24 heavy (non-hydrogen) atoms. The van der Waals surface area contributed by atoms with E-state index in [-0.39, 0.29) is 16.8 Å². The van der Waals surface area contributed by atoms with Crippen molar-refractivity contribution in [1.29, 1.82) is 0 Å². The molecule has 0 unspecified atom stereocenters. The van der Waals surface area contributed by atoms with Crippen molar-refractivity contribution in [3.63, 3.8) is 0 Å². The highest BCUT2D eigenvalue weighted by atomic mass is 35.5. The number of nitrogens with zero attached hydrogens (tertiary/aromatic N) is 2. The van der Waals surface area contributed by atoms with Crippen LogP contribution in [0.3, 0.4) is 0 Å². The first-order valence-electron chi connectivity index (χ1n) is 7.24. The third-order valence-electron chi connectivity index (χ3n) is 3.41. The fourth-order valence-corrected chi connectivity index (χ4v) is 2.78. The predicted octanol–water partition coefficient (Wildman–Crippen LogP) is 5.19. The van der Waals surface area contributed by atoms with Gasteiger partial charge in [-0.15, -0.1) is 0 Å². The summed E-state index contributed by atoms with van der Waals surface area (Å²) in [6.45, 7) is 3.75. The Balaban J connectivity index is 2.41. The quantitative estimate of drug-likeness (QED) is 0.660. The molecule has 0 aliphatic heterocycles. The van der Waals surface area contributed by atoms with E-state index in [1.807, 2.05) is 13.8 Å². The molecule has 0 spiro atoms. The second kappa shape index (κ2) is 6.28. The van der Waals surface area contributed by atoms with Gasteiger partial charge in [-0.2, -0.15) is 0 Å². The fraction of sp³-hybridized carbons (Fsp3) is 0.176. The van der Waals surface area contributed by atoms with Crippen LogP contribution in [0.5, 0.6) is 0 Å². The zero-order valence-corrected chi connectivity index (χ0v) is 13.6. The number of benzene rings is 1. The first-order valence-corrected chi connectivity index (χ1v) is 7.62. The number of hydrogen-bond acceptors (Lipinski definition) is 3. The van der Waals surface area contributed by atoms with Gasteiger partial charge in [0.15, 0.2) is 5.65 Å². The number of halogens is 4. The maximum absolute atomic E-state index is 14.3. The van der Waals surface area contributed by atoms with Crippen LogP contribution in [0.4, 0.5) is 18.9 Å². The number of aromatic nitrogens is 2. The van der Waals surface area contributed by atoms with E-state index < -0.39 is 23.0 Å². The van der Waals surface area contributed by atoms with Crippen molar-refractivity contribution in [3.8, 4) is 11.1 Å². The van der Waals surface area contributed by atoms with E-state index in [0.717, 1.165) is 0 Å². The zero-order chi connectivity index (χ0) is 17.4. The van der Waals surface area contributed by atoms with Gasteiger partial charge in [-0.3, -0.25) is 0 Å². The minimum Gasteiger partial charge on any atom is -0.382 e. The summed E-state index contributed by atoms with van der Waals surface area (Å²) in [6, 6.07) is 4.59. The van der Waals surface area contributed by atoms with Crippen LogP contribution in [0, 0.1) is 17.5 Å². The number of rotatable bonds is 3. The van der Waals surface area contributed by atoms with E-state index >= 15 is 0 Å². The topological polar surface area (TPSA) is 37.8 Å². The second-order valence-corrected chi connectivity index (χ2v) is 5.93. The second-order valence-electron chi connectivity index (χ2n) is 5.57. The van der Waals surface area contributed by atoms with Crippen LogP contribution in [0.25, 0.3) is 22.2 Å². The number of fused-ring (bicyclic) bond motifs is 1. The summed E-state index contributed by atoms with van der Waals surface area (Å²) in [5.41, 5.74) is 0.360. The Morgan fingerprint density at radius 1 is 1.08 bits per heavy atom. The summed E-state index contributed by atoms with van der Waals surface area (Å²) in [5.74, 6) is -3.10. The standard InChI is InChI=1S/C17H13ClF3N3/c1-8(2)23-15-10-4-3-5-22-17(10)24-16(18)14(15)13-11(20)6-9(19)7-12(13)21/h3-8H,1-2H3,(H,22,23,24). The molecule has 0 radical (unpaired) electrons. The molecular formula is C17H13ClF3N3. The lowest BCUT2D eigenvalue weighted by molar-refractivity contribution is 0.548. The molecule has 3 aromatic rings. The Labute approximate surface area is 141 Å².